The molecule has 36 heavy (non-hydrogen) atoms. The van der Waals surface area contributed by atoms with Crippen molar-refractivity contribution in [3.8, 4) is 0 Å². The Bertz CT molecular complexity index is 835. The molecule has 210 valence electrons. The van der Waals surface area contributed by atoms with Crippen molar-refractivity contribution in [1.82, 2.24) is 0 Å². The molecular formula is C19H16F16O. The molecule has 0 aromatic heterocycles. The van der Waals surface area contributed by atoms with E-state index in [2.05, 4.69) is 11.3 Å². The Hall–Kier alpha value is -2.20. The number of benzene rings is 1. The fraction of sp³-hybridized carbons (Fsp3) is 0.579. The second kappa shape index (κ2) is 11.0. The fourth-order valence-electron chi connectivity index (χ4n) is 2.08. The minimum atomic E-state index is -8.36. The van der Waals surface area contributed by atoms with Crippen LogP contribution in [0.5, 0.6) is 0 Å². The normalized spacial score (nSPS) is 14.4. The van der Waals surface area contributed by atoms with Gasteiger partial charge in [-0.1, -0.05) is 43.0 Å². The Balaban J connectivity index is 0.00000128. The van der Waals surface area contributed by atoms with Gasteiger partial charge in [0.2, 0.25) is 0 Å². The first kappa shape index (κ1) is 33.8. The maximum absolute atomic E-state index is 13.2. The van der Waals surface area contributed by atoms with Gasteiger partial charge in [-0.25, -0.2) is 8.78 Å². The molecule has 0 N–H and O–H groups in total. The SMILES string of the molecule is C=Cc1ccccc1.CCOCC(F)(F)C(F)(F)C(F)(F)C(F)(F)C(F)(F)C(F)(F)C(F)(F)C(F)F. The third kappa shape index (κ3) is 5.69. The molecule has 1 aromatic carbocycles. The number of alkyl halides is 16. The average molecular weight is 564 g/mol. The number of ether oxygens (including phenoxy) is 1. The molecule has 0 unspecified atom stereocenters. The van der Waals surface area contributed by atoms with E-state index < -0.39 is 61.1 Å². The molecule has 0 radical (unpaired) electrons. The summed E-state index contributed by atoms with van der Waals surface area (Å²) >= 11 is 0. The van der Waals surface area contributed by atoms with Crippen LogP contribution in [0, 0.1) is 0 Å². The highest BCUT2D eigenvalue weighted by Gasteiger charge is 2.93. The van der Waals surface area contributed by atoms with E-state index in [1.54, 1.807) is 0 Å². The monoisotopic (exact) mass is 564 g/mol. The van der Waals surface area contributed by atoms with Crippen LogP contribution < -0.4 is 0 Å². The zero-order valence-corrected chi connectivity index (χ0v) is 17.6. The number of hydrogen-bond donors (Lipinski definition) is 0. The van der Waals surface area contributed by atoms with E-state index in [9.17, 15) is 70.2 Å². The Kier molecular flexibility index (Phi) is 10.4. The van der Waals surface area contributed by atoms with E-state index in [1.165, 1.54) is 5.56 Å². The molecule has 0 saturated heterocycles. The van der Waals surface area contributed by atoms with Gasteiger partial charge in [0.1, 0.15) is 6.61 Å². The first-order valence-corrected chi connectivity index (χ1v) is 9.12. The molecule has 0 aliphatic rings. The average Bonchev–Trinajstić information content (AvgIpc) is 2.77. The van der Waals surface area contributed by atoms with Crippen molar-refractivity contribution >= 4 is 6.08 Å². The van der Waals surface area contributed by atoms with Gasteiger partial charge < -0.3 is 4.74 Å². The zero-order chi connectivity index (χ0) is 29.0. The highest BCUT2D eigenvalue weighted by Crippen LogP contribution is 2.62. The molecule has 0 aliphatic heterocycles. The number of halogens is 16. The minimum absolute atomic E-state index is 0.808. The summed E-state index contributed by atoms with van der Waals surface area (Å²) in [5.41, 5.74) is 1.17. The van der Waals surface area contributed by atoms with Crippen LogP contribution in [-0.4, -0.2) is 61.1 Å². The molecule has 0 amide bonds. The Morgan fingerprint density at radius 2 is 1.08 bits per heavy atom. The quantitative estimate of drug-likeness (QED) is 0.247. The van der Waals surface area contributed by atoms with E-state index in [4.69, 9.17) is 0 Å². The molecule has 0 fully saturated rings. The van der Waals surface area contributed by atoms with Crippen molar-refractivity contribution in [2.24, 2.45) is 0 Å². The second-order valence-corrected chi connectivity index (χ2v) is 6.75. The van der Waals surface area contributed by atoms with Gasteiger partial charge in [-0.15, -0.1) is 0 Å². The van der Waals surface area contributed by atoms with Gasteiger partial charge in [-0.05, 0) is 12.5 Å². The van der Waals surface area contributed by atoms with Gasteiger partial charge in [-0.3, -0.25) is 0 Å². The summed E-state index contributed by atoms with van der Waals surface area (Å²) in [5, 5.41) is 0. The van der Waals surface area contributed by atoms with Gasteiger partial charge in [0.15, 0.2) is 0 Å². The summed E-state index contributed by atoms with van der Waals surface area (Å²) < 4.78 is 210. The lowest BCUT2D eigenvalue weighted by Crippen LogP contribution is -2.74. The van der Waals surface area contributed by atoms with Gasteiger partial charge in [0.25, 0.3) is 0 Å². The lowest BCUT2D eigenvalue weighted by atomic mass is 9.89. The molecule has 0 saturated carbocycles. The summed E-state index contributed by atoms with van der Waals surface area (Å²) in [6, 6.07) is 10.0. The third-order valence-corrected chi connectivity index (χ3v) is 4.25. The van der Waals surface area contributed by atoms with Crippen LogP contribution in [0.15, 0.2) is 36.9 Å². The minimum Gasteiger partial charge on any atom is -0.375 e. The molecular weight excluding hydrogens is 548 g/mol. The fourth-order valence-corrected chi connectivity index (χ4v) is 2.08. The lowest BCUT2D eigenvalue weighted by molar-refractivity contribution is -0.448. The van der Waals surface area contributed by atoms with Crippen molar-refractivity contribution in [2.45, 2.75) is 54.8 Å². The number of rotatable bonds is 11. The Labute approximate surface area is 192 Å². The molecule has 1 rings (SSSR count). The van der Waals surface area contributed by atoms with Gasteiger partial charge >= 0.3 is 47.9 Å². The van der Waals surface area contributed by atoms with E-state index in [0.29, 0.717) is 0 Å². The van der Waals surface area contributed by atoms with Crippen LogP contribution in [-0.2, 0) is 4.74 Å². The molecule has 0 bridgehead atoms. The van der Waals surface area contributed by atoms with E-state index in [-0.39, 0.29) is 0 Å². The summed E-state index contributed by atoms with van der Waals surface area (Å²) in [4.78, 5) is 0. The molecule has 1 nitrogen and oxygen atoms in total. The summed E-state index contributed by atoms with van der Waals surface area (Å²) in [7, 11) is 0. The van der Waals surface area contributed by atoms with Crippen molar-refractivity contribution in [3.05, 3.63) is 42.5 Å². The van der Waals surface area contributed by atoms with Crippen LogP contribution in [0.2, 0.25) is 0 Å². The molecule has 0 spiro atoms. The molecule has 0 aliphatic carbocycles. The topological polar surface area (TPSA) is 9.23 Å². The van der Waals surface area contributed by atoms with Crippen molar-refractivity contribution in [3.63, 3.8) is 0 Å². The maximum Gasteiger partial charge on any atom is 0.384 e. The lowest BCUT2D eigenvalue weighted by Gasteiger charge is -2.42. The zero-order valence-electron chi connectivity index (χ0n) is 17.6. The summed E-state index contributed by atoms with van der Waals surface area (Å²) in [6.07, 6.45) is -4.02. The highest BCUT2D eigenvalue weighted by molar-refractivity contribution is 5.45. The first-order valence-electron chi connectivity index (χ1n) is 9.12. The molecule has 0 atom stereocenters. The Morgan fingerprint density at radius 1 is 0.694 bits per heavy atom. The van der Waals surface area contributed by atoms with Crippen LogP contribution in [0.3, 0.4) is 0 Å². The van der Waals surface area contributed by atoms with Crippen LogP contribution in [0.1, 0.15) is 12.5 Å². The van der Waals surface area contributed by atoms with Gasteiger partial charge in [-0.2, -0.15) is 61.5 Å². The first-order chi connectivity index (χ1) is 15.9. The smallest absolute Gasteiger partial charge is 0.375 e. The van der Waals surface area contributed by atoms with E-state index in [1.807, 2.05) is 36.4 Å². The summed E-state index contributed by atoms with van der Waals surface area (Å²) in [5.74, 6) is -54.3. The predicted molar refractivity (Wildman–Crippen MR) is 93.7 cm³/mol. The van der Waals surface area contributed by atoms with Crippen LogP contribution in [0.4, 0.5) is 70.2 Å². The van der Waals surface area contributed by atoms with Crippen molar-refractivity contribution < 1.29 is 75.0 Å². The Morgan fingerprint density at radius 3 is 1.42 bits per heavy atom. The van der Waals surface area contributed by atoms with Crippen molar-refractivity contribution in [1.29, 1.82) is 0 Å². The third-order valence-electron chi connectivity index (χ3n) is 4.25. The van der Waals surface area contributed by atoms with Crippen LogP contribution >= 0.6 is 0 Å². The van der Waals surface area contributed by atoms with Gasteiger partial charge in [0, 0.05) is 6.61 Å². The number of hydrogen-bond acceptors (Lipinski definition) is 1. The molecule has 1 aromatic rings. The predicted octanol–water partition coefficient (Wildman–Crippen LogP) is 8.06. The summed E-state index contributed by atoms with van der Waals surface area (Å²) in [6.45, 7) is 0.730. The molecule has 17 heteroatoms. The highest BCUT2D eigenvalue weighted by atomic mass is 19.4. The second-order valence-electron chi connectivity index (χ2n) is 6.75. The molecule has 0 heterocycles. The standard InChI is InChI=1S/C11H8F16O.C8H8/c1-2-28-3-5(14,15)7(18,19)9(22,23)11(26,27)10(24,25)8(20,21)6(16,17)4(12)13;1-2-8-6-4-3-5-7-8/h4H,2-3H2,1H3;2-7H,1H2. The largest absolute Gasteiger partial charge is 0.384 e. The van der Waals surface area contributed by atoms with Crippen molar-refractivity contribution in [2.75, 3.05) is 13.2 Å². The van der Waals surface area contributed by atoms with Gasteiger partial charge in [0.05, 0.1) is 0 Å². The van der Waals surface area contributed by atoms with E-state index in [0.717, 1.165) is 6.92 Å². The van der Waals surface area contributed by atoms with Crippen LogP contribution in [0.25, 0.3) is 6.08 Å². The van der Waals surface area contributed by atoms with E-state index >= 15 is 0 Å². The maximum atomic E-state index is 13.2.